The first-order valence-electron chi connectivity index (χ1n) is 5.11. The van der Waals surface area contributed by atoms with Gasteiger partial charge >= 0.3 is 0 Å². The summed E-state index contributed by atoms with van der Waals surface area (Å²) >= 11 is 0. The first-order chi connectivity index (χ1) is 7.15. The van der Waals surface area contributed by atoms with Gasteiger partial charge in [-0.25, -0.2) is 12.8 Å². The summed E-state index contributed by atoms with van der Waals surface area (Å²) in [6.45, 7) is 6.59. The molecule has 0 radical (unpaired) electrons. The van der Waals surface area contributed by atoms with Crippen molar-refractivity contribution in [2.45, 2.75) is 38.2 Å². The fourth-order valence-electron chi connectivity index (χ4n) is 1.26. The van der Waals surface area contributed by atoms with Gasteiger partial charge in [0.2, 0.25) is 0 Å². The van der Waals surface area contributed by atoms with Crippen molar-refractivity contribution in [1.29, 1.82) is 0 Å². The van der Waals surface area contributed by atoms with Gasteiger partial charge in [0.1, 0.15) is 5.82 Å². The van der Waals surface area contributed by atoms with Gasteiger partial charge in [-0.15, -0.1) is 0 Å². The van der Waals surface area contributed by atoms with Crippen molar-refractivity contribution < 1.29 is 12.8 Å². The van der Waals surface area contributed by atoms with Crippen LogP contribution in [0.3, 0.4) is 0 Å². The van der Waals surface area contributed by atoms with E-state index in [1.165, 1.54) is 6.07 Å². The number of halogens is 1. The highest BCUT2D eigenvalue weighted by atomic mass is 32.2. The molecule has 0 aliphatic carbocycles. The molecular formula is C12H17FO2S. The van der Waals surface area contributed by atoms with Crippen molar-refractivity contribution in [3.63, 3.8) is 0 Å². The second-order valence-corrected chi connectivity index (χ2v) is 7.65. The number of rotatable bonds is 2. The van der Waals surface area contributed by atoms with Gasteiger partial charge in [-0.1, -0.05) is 12.1 Å². The summed E-state index contributed by atoms with van der Waals surface area (Å²) in [7, 11) is -3.34. The van der Waals surface area contributed by atoms with Crippen molar-refractivity contribution in [1.82, 2.24) is 0 Å². The molecule has 0 atom stereocenters. The van der Waals surface area contributed by atoms with E-state index in [0.29, 0.717) is 5.56 Å². The monoisotopic (exact) mass is 244 g/mol. The molecule has 0 aromatic heterocycles. The summed E-state index contributed by atoms with van der Waals surface area (Å²) in [5.41, 5.74) is 0.949. The fraction of sp³-hybridized carbons (Fsp3) is 0.500. The molecule has 0 spiro atoms. The van der Waals surface area contributed by atoms with Crippen LogP contribution in [0.4, 0.5) is 4.39 Å². The average Bonchev–Trinajstić information content (AvgIpc) is 2.10. The van der Waals surface area contributed by atoms with E-state index in [1.54, 1.807) is 39.8 Å². The summed E-state index contributed by atoms with van der Waals surface area (Å²) in [4.78, 5) is 0. The SMILES string of the molecule is Cc1cccc(F)c1CS(=O)(=O)C(C)(C)C. The van der Waals surface area contributed by atoms with E-state index in [4.69, 9.17) is 0 Å². The first kappa shape index (κ1) is 13.2. The molecule has 4 heteroatoms. The first-order valence-corrected chi connectivity index (χ1v) is 6.76. The van der Waals surface area contributed by atoms with Gasteiger partial charge < -0.3 is 0 Å². The Kier molecular flexibility index (Phi) is 3.43. The molecule has 0 heterocycles. The van der Waals surface area contributed by atoms with Crippen LogP contribution < -0.4 is 0 Å². The molecule has 0 bridgehead atoms. The zero-order valence-corrected chi connectivity index (χ0v) is 10.9. The molecule has 2 nitrogen and oxygen atoms in total. The Morgan fingerprint density at radius 3 is 2.25 bits per heavy atom. The second-order valence-electron chi connectivity index (χ2n) is 4.91. The molecule has 0 saturated heterocycles. The van der Waals surface area contributed by atoms with E-state index < -0.39 is 20.4 Å². The minimum Gasteiger partial charge on any atom is -0.228 e. The van der Waals surface area contributed by atoms with Crippen LogP contribution in [0.25, 0.3) is 0 Å². The van der Waals surface area contributed by atoms with Crippen molar-refractivity contribution in [3.8, 4) is 0 Å². The maximum atomic E-state index is 13.5. The molecule has 0 aliphatic rings. The van der Waals surface area contributed by atoms with Crippen LogP contribution >= 0.6 is 0 Å². The summed E-state index contributed by atoms with van der Waals surface area (Å²) in [5.74, 6) is -0.692. The molecule has 90 valence electrons. The van der Waals surface area contributed by atoms with E-state index in [0.717, 1.165) is 0 Å². The number of sulfone groups is 1. The Balaban J connectivity index is 3.17. The molecule has 0 aliphatic heterocycles. The van der Waals surface area contributed by atoms with E-state index >= 15 is 0 Å². The summed E-state index contributed by atoms with van der Waals surface area (Å²) in [6, 6.07) is 4.59. The third kappa shape index (κ3) is 2.61. The van der Waals surface area contributed by atoms with Crippen LogP contribution in [0.1, 0.15) is 31.9 Å². The van der Waals surface area contributed by atoms with E-state index in [9.17, 15) is 12.8 Å². The predicted molar refractivity (Wildman–Crippen MR) is 63.5 cm³/mol. The van der Waals surface area contributed by atoms with E-state index in [2.05, 4.69) is 0 Å². The molecule has 0 fully saturated rings. The Bertz CT molecular complexity index is 464. The maximum absolute atomic E-state index is 13.5. The molecule has 1 aromatic carbocycles. The topological polar surface area (TPSA) is 34.1 Å². The lowest BCUT2D eigenvalue weighted by atomic mass is 10.1. The standard InChI is InChI=1S/C12H17FO2S/c1-9-6-5-7-11(13)10(9)8-16(14,15)12(2,3)4/h5-7H,8H2,1-4H3. The summed E-state index contributed by atoms with van der Waals surface area (Å²) in [5, 5.41) is 0. The number of hydrogen-bond donors (Lipinski definition) is 0. The molecule has 1 rings (SSSR count). The number of aryl methyl sites for hydroxylation is 1. The van der Waals surface area contributed by atoms with Gasteiger partial charge in [0.25, 0.3) is 0 Å². The van der Waals surface area contributed by atoms with Crippen LogP contribution in [0.15, 0.2) is 18.2 Å². The van der Waals surface area contributed by atoms with Gasteiger partial charge in [-0.05, 0) is 39.3 Å². The van der Waals surface area contributed by atoms with E-state index in [-0.39, 0.29) is 11.3 Å². The molecular weight excluding hydrogens is 227 g/mol. The van der Waals surface area contributed by atoms with Crippen LogP contribution in [-0.2, 0) is 15.6 Å². The Labute approximate surface area is 96.4 Å². The van der Waals surface area contributed by atoms with Crippen LogP contribution in [0.2, 0.25) is 0 Å². The fourth-order valence-corrected chi connectivity index (χ4v) is 2.43. The zero-order chi connectivity index (χ0) is 12.6. The normalized spacial score (nSPS) is 12.8. The van der Waals surface area contributed by atoms with Crippen molar-refractivity contribution >= 4 is 9.84 Å². The smallest absolute Gasteiger partial charge is 0.159 e. The number of hydrogen-bond acceptors (Lipinski definition) is 2. The van der Waals surface area contributed by atoms with Crippen LogP contribution in [0.5, 0.6) is 0 Å². The highest BCUT2D eigenvalue weighted by molar-refractivity contribution is 7.91. The third-order valence-corrected chi connectivity index (χ3v) is 5.16. The minimum atomic E-state index is -3.34. The second kappa shape index (κ2) is 4.17. The largest absolute Gasteiger partial charge is 0.228 e. The quantitative estimate of drug-likeness (QED) is 0.801. The third-order valence-electron chi connectivity index (χ3n) is 2.62. The minimum absolute atomic E-state index is 0.241. The summed E-state index contributed by atoms with van der Waals surface area (Å²) in [6.07, 6.45) is 0. The van der Waals surface area contributed by atoms with Crippen molar-refractivity contribution in [3.05, 3.63) is 35.1 Å². The molecule has 0 amide bonds. The highest BCUT2D eigenvalue weighted by Gasteiger charge is 2.30. The lowest BCUT2D eigenvalue weighted by molar-refractivity contribution is 0.554. The molecule has 0 unspecified atom stereocenters. The molecule has 16 heavy (non-hydrogen) atoms. The lowest BCUT2D eigenvalue weighted by Crippen LogP contribution is -2.29. The zero-order valence-electron chi connectivity index (χ0n) is 10.0. The summed E-state index contributed by atoms with van der Waals surface area (Å²) < 4.78 is 36.6. The van der Waals surface area contributed by atoms with Gasteiger partial charge in [0, 0.05) is 5.56 Å². The lowest BCUT2D eigenvalue weighted by Gasteiger charge is -2.20. The van der Waals surface area contributed by atoms with Crippen LogP contribution in [-0.4, -0.2) is 13.2 Å². The Morgan fingerprint density at radius 1 is 1.25 bits per heavy atom. The van der Waals surface area contributed by atoms with Gasteiger partial charge in [0.15, 0.2) is 9.84 Å². The maximum Gasteiger partial charge on any atom is 0.159 e. The predicted octanol–water partition coefficient (Wildman–Crippen LogP) is 2.85. The van der Waals surface area contributed by atoms with Crippen LogP contribution in [0, 0.1) is 12.7 Å². The van der Waals surface area contributed by atoms with E-state index in [1.807, 2.05) is 0 Å². The Morgan fingerprint density at radius 2 is 1.81 bits per heavy atom. The molecule has 0 saturated carbocycles. The van der Waals surface area contributed by atoms with Crippen molar-refractivity contribution in [2.75, 3.05) is 0 Å². The molecule has 0 N–H and O–H groups in total. The Hall–Kier alpha value is -0.900. The van der Waals surface area contributed by atoms with Gasteiger partial charge in [0.05, 0.1) is 10.5 Å². The number of benzene rings is 1. The van der Waals surface area contributed by atoms with Gasteiger partial charge in [-0.2, -0.15) is 0 Å². The average molecular weight is 244 g/mol. The highest BCUT2D eigenvalue weighted by Crippen LogP contribution is 2.23. The molecule has 1 aromatic rings. The van der Waals surface area contributed by atoms with Gasteiger partial charge in [-0.3, -0.25) is 0 Å². The van der Waals surface area contributed by atoms with Crippen molar-refractivity contribution in [2.24, 2.45) is 0 Å².